The first-order valence-electron chi connectivity index (χ1n) is 6.11. The van der Waals surface area contributed by atoms with Gasteiger partial charge in [-0.3, -0.25) is 0 Å². The Morgan fingerprint density at radius 2 is 1.37 bits per heavy atom. The Bertz CT molecular complexity index is 760. The summed E-state index contributed by atoms with van der Waals surface area (Å²) in [5.41, 5.74) is 3.34. The highest BCUT2D eigenvalue weighted by Gasteiger charge is 2.12. The lowest BCUT2D eigenvalue weighted by Gasteiger charge is -2.13. The maximum atomic E-state index is 6.34. The zero-order valence-corrected chi connectivity index (χ0v) is 12.0. The van der Waals surface area contributed by atoms with Gasteiger partial charge in [-0.05, 0) is 35.6 Å². The van der Waals surface area contributed by atoms with Crippen LogP contribution in [0.1, 0.15) is 5.56 Å². The van der Waals surface area contributed by atoms with E-state index in [0.717, 1.165) is 37.5 Å². The van der Waals surface area contributed by atoms with E-state index in [2.05, 4.69) is 13.0 Å². The van der Waals surface area contributed by atoms with Crippen molar-refractivity contribution in [3.8, 4) is 11.1 Å². The standard InChI is InChI=1S/C17H12Cl2/c1-11-10-16(19)12-6-2-3-7-13(12)17(11)14-8-4-5-9-15(14)18/h2-10H,1H3. The second kappa shape index (κ2) is 4.88. The summed E-state index contributed by atoms with van der Waals surface area (Å²) in [6.45, 7) is 2.07. The smallest absolute Gasteiger partial charge is 0.0487 e. The van der Waals surface area contributed by atoms with Gasteiger partial charge in [0, 0.05) is 21.0 Å². The molecule has 3 aromatic carbocycles. The average Bonchev–Trinajstić information content (AvgIpc) is 2.41. The number of benzene rings is 3. The molecule has 0 amide bonds. The van der Waals surface area contributed by atoms with E-state index in [4.69, 9.17) is 23.2 Å². The summed E-state index contributed by atoms with van der Waals surface area (Å²) in [5, 5.41) is 3.74. The van der Waals surface area contributed by atoms with Crippen molar-refractivity contribution in [1.82, 2.24) is 0 Å². The minimum Gasteiger partial charge on any atom is -0.0837 e. The third-order valence-corrected chi connectivity index (χ3v) is 3.98. The van der Waals surface area contributed by atoms with Gasteiger partial charge >= 0.3 is 0 Å². The largest absolute Gasteiger partial charge is 0.0837 e. The maximum Gasteiger partial charge on any atom is 0.0487 e. The first-order chi connectivity index (χ1) is 9.18. The van der Waals surface area contributed by atoms with Crippen LogP contribution in [0.15, 0.2) is 54.6 Å². The molecule has 0 aliphatic rings. The number of rotatable bonds is 1. The van der Waals surface area contributed by atoms with Crippen LogP contribution in [-0.2, 0) is 0 Å². The van der Waals surface area contributed by atoms with Crippen molar-refractivity contribution in [2.24, 2.45) is 0 Å². The summed E-state index contributed by atoms with van der Waals surface area (Å²) in [5.74, 6) is 0. The van der Waals surface area contributed by atoms with Crippen molar-refractivity contribution >= 4 is 34.0 Å². The molecule has 0 atom stereocenters. The van der Waals surface area contributed by atoms with E-state index in [9.17, 15) is 0 Å². The zero-order valence-electron chi connectivity index (χ0n) is 10.5. The normalized spacial score (nSPS) is 10.9. The predicted octanol–water partition coefficient (Wildman–Crippen LogP) is 6.12. The highest BCUT2D eigenvalue weighted by atomic mass is 35.5. The molecule has 0 unspecified atom stereocenters. The molecule has 0 saturated heterocycles. The lowest BCUT2D eigenvalue weighted by atomic mass is 9.94. The van der Waals surface area contributed by atoms with E-state index in [1.54, 1.807) is 0 Å². The van der Waals surface area contributed by atoms with Gasteiger partial charge < -0.3 is 0 Å². The van der Waals surface area contributed by atoms with Gasteiger partial charge in [-0.15, -0.1) is 0 Å². The van der Waals surface area contributed by atoms with Gasteiger partial charge in [0.1, 0.15) is 0 Å². The van der Waals surface area contributed by atoms with Crippen molar-refractivity contribution in [3.05, 3.63) is 70.2 Å². The van der Waals surface area contributed by atoms with E-state index in [0.29, 0.717) is 0 Å². The Labute approximate surface area is 122 Å². The van der Waals surface area contributed by atoms with Crippen LogP contribution in [0.25, 0.3) is 21.9 Å². The van der Waals surface area contributed by atoms with E-state index < -0.39 is 0 Å². The van der Waals surface area contributed by atoms with Crippen LogP contribution in [0, 0.1) is 6.92 Å². The Kier molecular flexibility index (Phi) is 3.22. The van der Waals surface area contributed by atoms with Gasteiger partial charge in [0.15, 0.2) is 0 Å². The van der Waals surface area contributed by atoms with Gasteiger partial charge in [-0.2, -0.15) is 0 Å². The van der Waals surface area contributed by atoms with Crippen molar-refractivity contribution in [2.75, 3.05) is 0 Å². The molecule has 94 valence electrons. The number of hydrogen-bond donors (Lipinski definition) is 0. The first kappa shape index (κ1) is 12.5. The van der Waals surface area contributed by atoms with Crippen LogP contribution in [-0.4, -0.2) is 0 Å². The minimum atomic E-state index is 0.762. The molecule has 2 heteroatoms. The predicted molar refractivity (Wildman–Crippen MR) is 84.1 cm³/mol. The minimum absolute atomic E-state index is 0.762. The molecule has 0 radical (unpaired) electrons. The topological polar surface area (TPSA) is 0 Å². The fourth-order valence-electron chi connectivity index (χ4n) is 2.48. The third kappa shape index (κ3) is 2.11. The molecule has 0 aliphatic carbocycles. The van der Waals surface area contributed by atoms with E-state index in [1.807, 2.05) is 48.5 Å². The fourth-order valence-corrected chi connectivity index (χ4v) is 3.04. The average molecular weight is 287 g/mol. The summed E-state index contributed by atoms with van der Waals surface area (Å²) in [6.07, 6.45) is 0. The van der Waals surface area contributed by atoms with Crippen LogP contribution in [0.3, 0.4) is 0 Å². The zero-order chi connectivity index (χ0) is 13.4. The summed E-state index contributed by atoms with van der Waals surface area (Å²) < 4.78 is 0. The Morgan fingerprint density at radius 3 is 2.11 bits per heavy atom. The highest BCUT2D eigenvalue weighted by molar-refractivity contribution is 6.37. The molecular weight excluding hydrogens is 275 g/mol. The van der Waals surface area contributed by atoms with E-state index in [-0.39, 0.29) is 0 Å². The summed E-state index contributed by atoms with van der Waals surface area (Å²) >= 11 is 12.7. The quantitative estimate of drug-likeness (QED) is 0.505. The molecule has 0 aromatic heterocycles. The molecule has 0 N–H and O–H groups in total. The molecule has 0 heterocycles. The van der Waals surface area contributed by atoms with Gasteiger partial charge in [0.25, 0.3) is 0 Å². The summed E-state index contributed by atoms with van der Waals surface area (Å²) in [4.78, 5) is 0. The number of fused-ring (bicyclic) bond motifs is 1. The molecule has 19 heavy (non-hydrogen) atoms. The monoisotopic (exact) mass is 286 g/mol. The third-order valence-electron chi connectivity index (χ3n) is 3.33. The SMILES string of the molecule is Cc1cc(Cl)c2ccccc2c1-c1ccccc1Cl. The van der Waals surface area contributed by atoms with Crippen LogP contribution >= 0.6 is 23.2 Å². The van der Waals surface area contributed by atoms with Crippen molar-refractivity contribution in [2.45, 2.75) is 6.92 Å². The lowest BCUT2D eigenvalue weighted by Crippen LogP contribution is -1.88. The molecule has 0 saturated carbocycles. The Balaban J connectivity index is 2.45. The van der Waals surface area contributed by atoms with Crippen LogP contribution < -0.4 is 0 Å². The molecular formula is C17H12Cl2. The molecule has 0 spiro atoms. The van der Waals surface area contributed by atoms with Gasteiger partial charge in [0.2, 0.25) is 0 Å². The Hall–Kier alpha value is -1.50. The van der Waals surface area contributed by atoms with Gasteiger partial charge in [-0.1, -0.05) is 65.7 Å². The molecule has 0 nitrogen and oxygen atoms in total. The van der Waals surface area contributed by atoms with Crippen molar-refractivity contribution in [3.63, 3.8) is 0 Å². The van der Waals surface area contributed by atoms with Crippen molar-refractivity contribution < 1.29 is 0 Å². The number of hydrogen-bond acceptors (Lipinski definition) is 0. The highest BCUT2D eigenvalue weighted by Crippen LogP contribution is 2.38. The van der Waals surface area contributed by atoms with Gasteiger partial charge in [-0.25, -0.2) is 0 Å². The fraction of sp³-hybridized carbons (Fsp3) is 0.0588. The molecule has 3 aromatic rings. The molecule has 3 rings (SSSR count). The maximum absolute atomic E-state index is 6.34. The molecule has 0 aliphatic heterocycles. The molecule has 0 bridgehead atoms. The molecule has 0 fully saturated rings. The lowest BCUT2D eigenvalue weighted by molar-refractivity contribution is 1.49. The van der Waals surface area contributed by atoms with Crippen LogP contribution in [0.4, 0.5) is 0 Å². The number of aryl methyl sites for hydroxylation is 1. The van der Waals surface area contributed by atoms with Crippen LogP contribution in [0.2, 0.25) is 10.0 Å². The van der Waals surface area contributed by atoms with Gasteiger partial charge in [0.05, 0.1) is 0 Å². The van der Waals surface area contributed by atoms with E-state index in [1.165, 1.54) is 0 Å². The Morgan fingerprint density at radius 1 is 0.737 bits per heavy atom. The first-order valence-corrected chi connectivity index (χ1v) is 6.87. The second-order valence-electron chi connectivity index (χ2n) is 4.58. The summed E-state index contributed by atoms with van der Waals surface area (Å²) in [7, 11) is 0. The number of halogens is 2. The summed E-state index contributed by atoms with van der Waals surface area (Å²) in [6, 6.07) is 18.1. The van der Waals surface area contributed by atoms with Crippen molar-refractivity contribution in [1.29, 1.82) is 0 Å². The second-order valence-corrected chi connectivity index (χ2v) is 5.39. The van der Waals surface area contributed by atoms with E-state index >= 15 is 0 Å². The van der Waals surface area contributed by atoms with Crippen LogP contribution in [0.5, 0.6) is 0 Å².